The van der Waals surface area contributed by atoms with Crippen molar-refractivity contribution in [3.63, 3.8) is 0 Å². The maximum Gasteiger partial charge on any atom is 0.392 e. The molecular formula is C22H31F3N2O. The normalized spacial score (nSPS) is 26.8. The maximum absolute atomic E-state index is 13.3. The van der Waals surface area contributed by atoms with Gasteiger partial charge in [0.05, 0.1) is 5.92 Å². The van der Waals surface area contributed by atoms with Gasteiger partial charge in [0, 0.05) is 25.6 Å². The van der Waals surface area contributed by atoms with Crippen molar-refractivity contribution >= 4 is 5.91 Å². The first kappa shape index (κ1) is 21.2. The minimum absolute atomic E-state index is 0.0608. The van der Waals surface area contributed by atoms with Crippen molar-refractivity contribution in [2.45, 2.75) is 64.7 Å². The van der Waals surface area contributed by atoms with Gasteiger partial charge >= 0.3 is 6.18 Å². The minimum Gasteiger partial charge on any atom is -0.352 e. The molecule has 3 nitrogen and oxygen atoms in total. The zero-order chi connectivity index (χ0) is 20.1. The molecule has 156 valence electrons. The Balaban J connectivity index is 1.61. The Kier molecular flexibility index (Phi) is 7.02. The van der Waals surface area contributed by atoms with Crippen molar-refractivity contribution in [2.75, 3.05) is 13.1 Å². The molecule has 1 aromatic rings. The van der Waals surface area contributed by atoms with E-state index in [0.717, 1.165) is 30.8 Å². The summed E-state index contributed by atoms with van der Waals surface area (Å²) in [6, 6.07) is 7.92. The molecule has 1 saturated carbocycles. The molecule has 1 N–H and O–H groups in total. The van der Waals surface area contributed by atoms with Gasteiger partial charge < -0.3 is 5.32 Å². The van der Waals surface area contributed by atoms with Crippen LogP contribution >= 0.6 is 0 Å². The zero-order valence-electron chi connectivity index (χ0n) is 16.6. The van der Waals surface area contributed by atoms with E-state index in [1.807, 2.05) is 18.2 Å². The Morgan fingerprint density at radius 2 is 1.82 bits per heavy atom. The van der Waals surface area contributed by atoms with Crippen LogP contribution in [0.4, 0.5) is 13.2 Å². The number of likely N-dealkylation sites (tertiary alicyclic amines) is 1. The number of nitrogens with zero attached hydrogens (tertiary/aromatic N) is 1. The average Bonchev–Trinajstić information content (AvgIpc) is 2.66. The summed E-state index contributed by atoms with van der Waals surface area (Å²) in [5, 5.41) is 2.80. The van der Waals surface area contributed by atoms with Gasteiger partial charge in [0.25, 0.3) is 0 Å². The van der Waals surface area contributed by atoms with Crippen molar-refractivity contribution in [3.8, 4) is 0 Å². The molecule has 6 heteroatoms. The number of rotatable bonds is 5. The van der Waals surface area contributed by atoms with Gasteiger partial charge in [-0.15, -0.1) is 0 Å². The highest BCUT2D eigenvalue weighted by molar-refractivity contribution is 5.79. The second-order valence-corrected chi connectivity index (χ2v) is 8.51. The van der Waals surface area contributed by atoms with Crippen molar-refractivity contribution in [2.24, 2.45) is 17.8 Å². The molecule has 0 aromatic heterocycles. The van der Waals surface area contributed by atoms with Gasteiger partial charge in [-0.05, 0) is 49.3 Å². The first-order valence-electron chi connectivity index (χ1n) is 10.5. The summed E-state index contributed by atoms with van der Waals surface area (Å²) in [4.78, 5) is 15.0. The number of amides is 1. The molecule has 0 radical (unpaired) electrons. The van der Waals surface area contributed by atoms with E-state index in [9.17, 15) is 18.0 Å². The van der Waals surface area contributed by atoms with Gasteiger partial charge in [0.2, 0.25) is 5.91 Å². The quantitative estimate of drug-likeness (QED) is 0.768. The van der Waals surface area contributed by atoms with E-state index >= 15 is 0 Å². The number of nitrogens with one attached hydrogen (secondary N) is 1. The van der Waals surface area contributed by atoms with Gasteiger partial charge in [0.1, 0.15) is 0 Å². The summed E-state index contributed by atoms with van der Waals surface area (Å²) < 4.78 is 39.9. The average molecular weight is 396 g/mol. The van der Waals surface area contributed by atoms with Crippen LogP contribution in [0.1, 0.15) is 56.6 Å². The first-order valence-corrected chi connectivity index (χ1v) is 10.5. The van der Waals surface area contributed by atoms with Crippen molar-refractivity contribution in [3.05, 3.63) is 35.4 Å². The molecule has 1 aliphatic carbocycles. The number of benzene rings is 1. The SMILES string of the molecule is CC1CCCN(Cc2ccccc2CNC(=O)C2CCCCC2C(F)(F)F)C1. The second-order valence-electron chi connectivity index (χ2n) is 8.51. The third-order valence-corrected chi connectivity index (χ3v) is 6.23. The summed E-state index contributed by atoms with van der Waals surface area (Å²) in [5.41, 5.74) is 2.14. The van der Waals surface area contributed by atoms with Gasteiger partial charge in [-0.1, -0.05) is 44.0 Å². The Morgan fingerprint density at radius 3 is 2.54 bits per heavy atom. The number of carbonyl (C=O) groups excluding carboxylic acids is 1. The van der Waals surface area contributed by atoms with Crippen LogP contribution in [0.25, 0.3) is 0 Å². The molecule has 3 atom stereocenters. The highest BCUT2D eigenvalue weighted by Gasteiger charge is 2.47. The van der Waals surface area contributed by atoms with Crippen LogP contribution in [-0.4, -0.2) is 30.1 Å². The predicted octanol–water partition coefficient (Wildman–Crippen LogP) is 4.90. The van der Waals surface area contributed by atoms with Crippen LogP contribution in [0.5, 0.6) is 0 Å². The fourth-order valence-electron chi connectivity index (χ4n) is 4.71. The van der Waals surface area contributed by atoms with E-state index in [0.29, 0.717) is 31.7 Å². The topological polar surface area (TPSA) is 32.3 Å². The summed E-state index contributed by atoms with van der Waals surface area (Å²) in [6.45, 7) is 5.51. The summed E-state index contributed by atoms with van der Waals surface area (Å²) in [5.74, 6) is -2.23. The van der Waals surface area contributed by atoms with Gasteiger partial charge in [-0.3, -0.25) is 9.69 Å². The lowest BCUT2D eigenvalue weighted by Gasteiger charge is -2.32. The molecule has 3 rings (SSSR count). The Bertz CT molecular complexity index is 661. The Morgan fingerprint density at radius 1 is 1.11 bits per heavy atom. The highest BCUT2D eigenvalue weighted by atomic mass is 19.4. The Hall–Kier alpha value is -1.56. The third kappa shape index (κ3) is 5.49. The maximum atomic E-state index is 13.3. The first-order chi connectivity index (χ1) is 13.3. The van der Waals surface area contributed by atoms with E-state index in [4.69, 9.17) is 0 Å². The van der Waals surface area contributed by atoms with Crippen LogP contribution in [0.3, 0.4) is 0 Å². The number of piperidine rings is 1. The van der Waals surface area contributed by atoms with Crippen LogP contribution < -0.4 is 5.32 Å². The molecule has 1 heterocycles. The number of hydrogen-bond donors (Lipinski definition) is 1. The monoisotopic (exact) mass is 396 g/mol. The molecule has 3 unspecified atom stereocenters. The molecule has 1 aromatic carbocycles. The minimum atomic E-state index is -4.30. The fourth-order valence-corrected chi connectivity index (χ4v) is 4.71. The lowest BCUT2D eigenvalue weighted by atomic mass is 9.78. The summed E-state index contributed by atoms with van der Waals surface area (Å²) >= 11 is 0. The van der Waals surface area contributed by atoms with Crippen LogP contribution in [0.2, 0.25) is 0 Å². The molecule has 1 saturated heterocycles. The van der Waals surface area contributed by atoms with E-state index in [-0.39, 0.29) is 6.42 Å². The third-order valence-electron chi connectivity index (χ3n) is 6.23. The van der Waals surface area contributed by atoms with Gasteiger partial charge in [0.15, 0.2) is 0 Å². The van der Waals surface area contributed by atoms with Crippen LogP contribution in [-0.2, 0) is 17.9 Å². The smallest absolute Gasteiger partial charge is 0.352 e. The van der Waals surface area contributed by atoms with Crippen molar-refractivity contribution in [1.29, 1.82) is 0 Å². The fraction of sp³-hybridized carbons (Fsp3) is 0.682. The predicted molar refractivity (Wildman–Crippen MR) is 103 cm³/mol. The van der Waals surface area contributed by atoms with E-state index < -0.39 is 23.9 Å². The number of hydrogen-bond acceptors (Lipinski definition) is 2. The number of carbonyl (C=O) groups is 1. The number of halogens is 3. The van der Waals surface area contributed by atoms with Gasteiger partial charge in [-0.25, -0.2) is 0 Å². The highest BCUT2D eigenvalue weighted by Crippen LogP contribution is 2.41. The number of alkyl halides is 3. The second kappa shape index (κ2) is 9.29. The zero-order valence-corrected chi connectivity index (χ0v) is 16.6. The summed E-state index contributed by atoms with van der Waals surface area (Å²) in [7, 11) is 0. The molecule has 28 heavy (non-hydrogen) atoms. The molecule has 1 aliphatic heterocycles. The molecule has 2 fully saturated rings. The largest absolute Gasteiger partial charge is 0.392 e. The molecule has 2 aliphatic rings. The standard InChI is InChI=1S/C22H31F3N2O/c1-16-7-6-12-27(14-16)15-18-9-3-2-8-17(18)13-26-21(28)19-10-4-5-11-20(19)22(23,24)25/h2-3,8-9,16,19-20H,4-7,10-15H2,1H3,(H,26,28). The Labute approximate surface area is 165 Å². The molecular weight excluding hydrogens is 365 g/mol. The van der Waals surface area contributed by atoms with Crippen LogP contribution in [0, 0.1) is 17.8 Å². The van der Waals surface area contributed by atoms with Crippen molar-refractivity contribution in [1.82, 2.24) is 10.2 Å². The van der Waals surface area contributed by atoms with Crippen LogP contribution in [0.15, 0.2) is 24.3 Å². The van der Waals surface area contributed by atoms with Crippen molar-refractivity contribution < 1.29 is 18.0 Å². The van der Waals surface area contributed by atoms with E-state index in [1.165, 1.54) is 12.8 Å². The lowest BCUT2D eigenvalue weighted by molar-refractivity contribution is -0.198. The van der Waals surface area contributed by atoms with E-state index in [2.05, 4.69) is 23.2 Å². The molecule has 0 spiro atoms. The molecule has 0 bridgehead atoms. The van der Waals surface area contributed by atoms with Gasteiger partial charge in [-0.2, -0.15) is 13.2 Å². The summed E-state index contributed by atoms with van der Waals surface area (Å²) in [6.07, 6.45) is -0.226. The lowest BCUT2D eigenvalue weighted by Crippen LogP contribution is -2.42. The molecule has 1 amide bonds. The van der Waals surface area contributed by atoms with E-state index in [1.54, 1.807) is 0 Å².